The summed E-state index contributed by atoms with van der Waals surface area (Å²) >= 11 is 0. The van der Waals surface area contributed by atoms with Crippen molar-refractivity contribution in [2.75, 3.05) is 6.54 Å². The highest BCUT2D eigenvalue weighted by atomic mass is 35.5. The molecule has 0 saturated heterocycles. The van der Waals surface area contributed by atoms with Crippen LogP contribution in [0.15, 0.2) is 0 Å². The number of nitrogens with one attached hydrogen (secondary N) is 1. The van der Waals surface area contributed by atoms with Gasteiger partial charge in [-0.2, -0.15) is 0 Å². The third-order valence-corrected chi connectivity index (χ3v) is 3.65. The van der Waals surface area contributed by atoms with Crippen LogP contribution in [-0.2, 0) is 4.79 Å². The second kappa shape index (κ2) is 7.13. The third-order valence-electron chi connectivity index (χ3n) is 3.65. The van der Waals surface area contributed by atoms with E-state index in [1.54, 1.807) is 0 Å². The molecule has 0 heterocycles. The molecule has 1 aliphatic carbocycles. The summed E-state index contributed by atoms with van der Waals surface area (Å²) in [5.74, 6) is 0.159. The fourth-order valence-corrected chi connectivity index (χ4v) is 2.07. The molecule has 3 N–H and O–H groups in total. The number of carbonyl (C=O) groups excluding carboxylic acids is 1. The number of rotatable bonds is 6. The van der Waals surface area contributed by atoms with Gasteiger partial charge in [0.15, 0.2) is 0 Å². The largest absolute Gasteiger partial charge is 0.356 e. The van der Waals surface area contributed by atoms with Crippen LogP contribution in [0.5, 0.6) is 0 Å². The molecule has 1 aliphatic rings. The van der Waals surface area contributed by atoms with Gasteiger partial charge in [0.25, 0.3) is 0 Å². The number of amides is 1. The molecule has 1 rings (SSSR count). The van der Waals surface area contributed by atoms with E-state index in [2.05, 4.69) is 12.2 Å². The van der Waals surface area contributed by atoms with E-state index in [0.29, 0.717) is 11.8 Å². The molecule has 96 valence electrons. The number of carbonyl (C=O) groups is 1. The maximum Gasteiger partial charge on any atom is 0.220 e. The summed E-state index contributed by atoms with van der Waals surface area (Å²) in [6, 6.07) is 0.125. The zero-order valence-electron chi connectivity index (χ0n) is 10.4. The molecule has 1 atom stereocenters. The predicted octanol–water partition coefficient (Wildman–Crippen LogP) is 2.23. The molecule has 1 fully saturated rings. The lowest BCUT2D eigenvalue weighted by Gasteiger charge is -2.41. The minimum Gasteiger partial charge on any atom is -0.356 e. The first-order valence-electron chi connectivity index (χ1n) is 6.10. The second-order valence-corrected chi connectivity index (χ2v) is 5.00. The van der Waals surface area contributed by atoms with Crippen LogP contribution in [0.4, 0.5) is 0 Å². The van der Waals surface area contributed by atoms with Crippen molar-refractivity contribution < 1.29 is 4.79 Å². The van der Waals surface area contributed by atoms with E-state index in [1.165, 1.54) is 25.7 Å². The summed E-state index contributed by atoms with van der Waals surface area (Å²) in [6.07, 6.45) is 6.40. The summed E-state index contributed by atoms with van der Waals surface area (Å²) in [4.78, 5) is 11.5. The van der Waals surface area contributed by atoms with Gasteiger partial charge in [-0.1, -0.05) is 13.3 Å². The Morgan fingerprint density at radius 1 is 1.50 bits per heavy atom. The molecule has 1 saturated carbocycles. The molecular weight excluding hydrogens is 224 g/mol. The van der Waals surface area contributed by atoms with Gasteiger partial charge in [0, 0.05) is 19.0 Å². The molecule has 0 aromatic carbocycles. The highest BCUT2D eigenvalue weighted by Crippen LogP contribution is 2.42. The molecule has 0 radical (unpaired) electrons. The van der Waals surface area contributed by atoms with Crippen LogP contribution in [-0.4, -0.2) is 18.5 Å². The predicted molar refractivity (Wildman–Crippen MR) is 69.7 cm³/mol. The lowest BCUT2D eigenvalue weighted by atomic mass is 9.67. The summed E-state index contributed by atoms with van der Waals surface area (Å²) < 4.78 is 0. The first kappa shape index (κ1) is 15.7. The Labute approximate surface area is 105 Å². The minimum absolute atomic E-state index is 0. The van der Waals surface area contributed by atoms with Crippen LogP contribution in [0.1, 0.15) is 52.4 Å². The molecule has 0 spiro atoms. The number of hydrogen-bond acceptors (Lipinski definition) is 2. The third kappa shape index (κ3) is 4.71. The average Bonchev–Trinajstić information content (AvgIpc) is 2.14. The van der Waals surface area contributed by atoms with E-state index < -0.39 is 0 Å². The van der Waals surface area contributed by atoms with E-state index >= 15 is 0 Å². The van der Waals surface area contributed by atoms with Crippen LogP contribution >= 0.6 is 12.4 Å². The molecule has 1 amide bonds. The highest BCUT2D eigenvalue weighted by molar-refractivity contribution is 5.85. The average molecular weight is 249 g/mol. The van der Waals surface area contributed by atoms with E-state index in [4.69, 9.17) is 5.73 Å². The van der Waals surface area contributed by atoms with Crippen molar-refractivity contribution in [2.45, 2.75) is 58.4 Å². The standard InChI is InChI=1S/C12H24N2O.ClH/c1-3-12(7-4-8-12)9-14-11(15)6-5-10(2)13;/h10H,3-9,13H2,1-2H3,(H,14,15);1H. The van der Waals surface area contributed by atoms with Crippen molar-refractivity contribution in [3.63, 3.8) is 0 Å². The van der Waals surface area contributed by atoms with Crippen molar-refractivity contribution in [1.82, 2.24) is 5.32 Å². The van der Waals surface area contributed by atoms with Gasteiger partial charge in [0.2, 0.25) is 5.91 Å². The van der Waals surface area contributed by atoms with Crippen molar-refractivity contribution in [3.8, 4) is 0 Å². The van der Waals surface area contributed by atoms with Crippen LogP contribution in [0, 0.1) is 5.41 Å². The van der Waals surface area contributed by atoms with Crippen molar-refractivity contribution in [3.05, 3.63) is 0 Å². The van der Waals surface area contributed by atoms with E-state index in [-0.39, 0.29) is 24.4 Å². The van der Waals surface area contributed by atoms with Crippen LogP contribution in [0.2, 0.25) is 0 Å². The Balaban J connectivity index is 0.00000225. The minimum atomic E-state index is 0. The fraction of sp³-hybridized carbons (Fsp3) is 0.917. The van der Waals surface area contributed by atoms with E-state index in [9.17, 15) is 4.79 Å². The van der Waals surface area contributed by atoms with Crippen LogP contribution in [0.3, 0.4) is 0 Å². The summed E-state index contributed by atoms with van der Waals surface area (Å²) in [7, 11) is 0. The van der Waals surface area contributed by atoms with Gasteiger partial charge in [-0.3, -0.25) is 4.79 Å². The molecule has 16 heavy (non-hydrogen) atoms. The van der Waals surface area contributed by atoms with Gasteiger partial charge >= 0.3 is 0 Å². The Morgan fingerprint density at radius 2 is 2.12 bits per heavy atom. The molecule has 1 unspecified atom stereocenters. The quantitative estimate of drug-likeness (QED) is 0.758. The first-order chi connectivity index (χ1) is 7.08. The smallest absolute Gasteiger partial charge is 0.220 e. The van der Waals surface area contributed by atoms with Crippen molar-refractivity contribution >= 4 is 18.3 Å². The lowest BCUT2D eigenvalue weighted by molar-refractivity contribution is -0.122. The normalized spacial score (nSPS) is 19.2. The SMILES string of the molecule is CCC1(CNC(=O)CCC(C)N)CCC1.Cl. The van der Waals surface area contributed by atoms with Crippen molar-refractivity contribution in [1.29, 1.82) is 0 Å². The van der Waals surface area contributed by atoms with Crippen molar-refractivity contribution in [2.24, 2.45) is 11.1 Å². The maximum absolute atomic E-state index is 11.5. The Morgan fingerprint density at radius 3 is 2.50 bits per heavy atom. The summed E-state index contributed by atoms with van der Waals surface area (Å²) in [6.45, 7) is 5.02. The monoisotopic (exact) mass is 248 g/mol. The summed E-state index contributed by atoms with van der Waals surface area (Å²) in [5, 5.41) is 3.04. The van der Waals surface area contributed by atoms with Gasteiger partial charge in [-0.15, -0.1) is 12.4 Å². The molecule has 4 heteroatoms. The topological polar surface area (TPSA) is 55.1 Å². The summed E-state index contributed by atoms with van der Waals surface area (Å²) in [5.41, 5.74) is 6.03. The highest BCUT2D eigenvalue weighted by Gasteiger charge is 2.34. The Bertz CT molecular complexity index is 210. The molecule has 0 aromatic rings. The van der Waals surface area contributed by atoms with Gasteiger partial charge in [-0.25, -0.2) is 0 Å². The van der Waals surface area contributed by atoms with E-state index in [0.717, 1.165) is 13.0 Å². The van der Waals surface area contributed by atoms with Crippen LogP contribution < -0.4 is 11.1 Å². The van der Waals surface area contributed by atoms with Gasteiger partial charge in [0.05, 0.1) is 0 Å². The zero-order valence-corrected chi connectivity index (χ0v) is 11.2. The lowest BCUT2D eigenvalue weighted by Crippen LogP contribution is -2.41. The maximum atomic E-state index is 11.5. The van der Waals surface area contributed by atoms with Gasteiger partial charge in [0.1, 0.15) is 0 Å². The second-order valence-electron chi connectivity index (χ2n) is 5.00. The fourth-order valence-electron chi connectivity index (χ4n) is 2.07. The van der Waals surface area contributed by atoms with E-state index in [1.807, 2.05) is 6.92 Å². The molecule has 0 aliphatic heterocycles. The van der Waals surface area contributed by atoms with Gasteiger partial charge < -0.3 is 11.1 Å². The zero-order chi connectivity index (χ0) is 11.3. The Hall–Kier alpha value is -0.280. The van der Waals surface area contributed by atoms with Gasteiger partial charge in [-0.05, 0) is 38.0 Å². The number of halogens is 1. The molecular formula is C12H25ClN2O. The number of hydrogen-bond donors (Lipinski definition) is 2. The molecule has 0 aromatic heterocycles. The van der Waals surface area contributed by atoms with Crippen LogP contribution in [0.25, 0.3) is 0 Å². The number of nitrogens with two attached hydrogens (primary N) is 1. The molecule has 0 bridgehead atoms. The Kier molecular flexibility index (Phi) is 7.00. The molecule has 3 nitrogen and oxygen atoms in total. The first-order valence-corrected chi connectivity index (χ1v) is 6.10.